The van der Waals surface area contributed by atoms with Crippen LogP contribution in [0.4, 0.5) is 0 Å². The number of fused-ring (bicyclic) bond motifs is 1. The first kappa shape index (κ1) is 14.9. The maximum Gasteiger partial charge on any atom is 0.144 e. The van der Waals surface area contributed by atoms with Crippen LogP contribution >= 0.6 is 11.6 Å². The topological polar surface area (TPSA) is 83.1 Å². The molecule has 0 unspecified atom stereocenters. The quantitative estimate of drug-likeness (QED) is 0.819. The summed E-state index contributed by atoms with van der Waals surface area (Å²) in [6, 6.07) is 7.20. The van der Waals surface area contributed by atoms with E-state index < -0.39 is 10.7 Å². The molecule has 0 amide bonds. The highest BCUT2D eigenvalue weighted by Gasteiger charge is 2.17. The fraction of sp³-hybridized carbons (Fsp3) is 0.308. The third-order valence-corrected chi connectivity index (χ3v) is 3.92. The molecule has 1 aromatic heterocycles. The fourth-order valence-corrected chi connectivity index (χ4v) is 3.18. The van der Waals surface area contributed by atoms with Crippen molar-refractivity contribution in [2.24, 2.45) is 0 Å². The number of aromatic nitrogens is 1. The Morgan fingerprint density at radius 3 is 2.75 bits per heavy atom. The van der Waals surface area contributed by atoms with Crippen LogP contribution in [0.25, 0.3) is 10.9 Å². The Morgan fingerprint density at radius 2 is 2.15 bits per heavy atom. The summed E-state index contributed by atoms with van der Waals surface area (Å²) in [6.07, 6.45) is 0.298. The number of aliphatic hydroxyl groups is 1. The summed E-state index contributed by atoms with van der Waals surface area (Å²) >= 11 is 5.97. The number of halogens is 1. The van der Waals surface area contributed by atoms with Gasteiger partial charge in [0, 0.05) is 34.6 Å². The molecule has 0 saturated heterocycles. The van der Waals surface area contributed by atoms with E-state index in [9.17, 15) is 13.5 Å². The molecule has 0 aliphatic carbocycles. The molecule has 0 aliphatic rings. The predicted octanol–water partition coefficient (Wildman–Crippen LogP) is 1.46. The standard InChI is InChI=1S/C13H13ClN2O3S/c14-9-1-2-12-10(7-9)11(8-20(18)19)13(3-6-17)16(12)5-4-15/h1-2,7,17,20H,3,5-6,8H2. The van der Waals surface area contributed by atoms with E-state index in [-0.39, 0.29) is 18.9 Å². The van der Waals surface area contributed by atoms with Gasteiger partial charge >= 0.3 is 0 Å². The Balaban J connectivity index is 2.79. The van der Waals surface area contributed by atoms with Crippen LogP contribution < -0.4 is 0 Å². The lowest BCUT2D eigenvalue weighted by molar-refractivity contribution is 0.296. The number of hydrogen-bond acceptors (Lipinski definition) is 4. The monoisotopic (exact) mass is 312 g/mol. The summed E-state index contributed by atoms with van der Waals surface area (Å²) in [6.45, 7) is -0.0127. The van der Waals surface area contributed by atoms with Crippen molar-refractivity contribution in [3.8, 4) is 6.07 Å². The van der Waals surface area contributed by atoms with Gasteiger partial charge < -0.3 is 9.67 Å². The number of thiol groups is 1. The van der Waals surface area contributed by atoms with Gasteiger partial charge in [-0.2, -0.15) is 5.26 Å². The molecule has 2 aromatic rings. The summed E-state index contributed by atoms with van der Waals surface area (Å²) in [4.78, 5) is 0. The van der Waals surface area contributed by atoms with E-state index in [0.717, 1.165) is 10.9 Å². The molecular weight excluding hydrogens is 300 g/mol. The number of hydrogen-bond donors (Lipinski definition) is 2. The van der Waals surface area contributed by atoms with Crippen molar-refractivity contribution in [2.45, 2.75) is 18.7 Å². The fourth-order valence-electron chi connectivity index (χ4n) is 2.40. The maximum absolute atomic E-state index is 11.1. The lowest BCUT2D eigenvalue weighted by Crippen LogP contribution is -2.06. The van der Waals surface area contributed by atoms with Crippen molar-refractivity contribution in [1.29, 1.82) is 5.26 Å². The van der Waals surface area contributed by atoms with E-state index >= 15 is 0 Å². The molecule has 1 N–H and O–H groups in total. The van der Waals surface area contributed by atoms with E-state index in [4.69, 9.17) is 16.9 Å². The Bertz CT molecular complexity index is 751. The highest BCUT2D eigenvalue weighted by Crippen LogP contribution is 2.29. The van der Waals surface area contributed by atoms with Gasteiger partial charge in [0.05, 0.1) is 11.8 Å². The molecular formula is C13H13ClN2O3S. The third kappa shape index (κ3) is 2.80. The minimum atomic E-state index is -2.60. The molecule has 0 fully saturated rings. The SMILES string of the molecule is N#CCn1c(CCO)c(C[SH](=O)=O)c2cc(Cl)ccc21. The van der Waals surface area contributed by atoms with Gasteiger partial charge in [0.1, 0.15) is 17.2 Å². The van der Waals surface area contributed by atoms with Crippen LogP contribution in [0.15, 0.2) is 18.2 Å². The first-order valence-electron chi connectivity index (χ1n) is 5.97. The Kier molecular flexibility index (Phi) is 4.65. The second-order valence-electron chi connectivity index (χ2n) is 4.30. The van der Waals surface area contributed by atoms with Crippen molar-refractivity contribution in [1.82, 2.24) is 4.57 Å². The molecule has 2 rings (SSSR count). The number of rotatable bonds is 5. The van der Waals surface area contributed by atoms with Crippen LogP contribution in [0.1, 0.15) is 11.3 Å². The summed E-state index contributed by atoms with van der Waals surface area (Å²) in [5, 5.41) is 19.3. The lowest BCUT2D eigenvalue weighted by atomic mass is 10.1. The first-order valence-corrected chi connectivity index (χ1v) is 7.71. The van der Waals surface area contributed by atoms with Crippen LogP contribution in [-0.4, -0.2) is 24.7 Å². The van der Waals surface area contributed by atoms with Crippen LogP contribution in [0.5, 0.6) is 0 Å². The van der Waals surface area contributed by atoms with Gasteiger partial charge in [-0.15, -0.1) is 0 Å². The number of nitriles is 1. The number of aliphatic hydroxyl groups excluding tert-OH is 1. The van der Waals surface area contributed by atoms with E-state index in [2.05, 4.69) is 6.07 Å². The van der Waals surface area contributed by atoms with Gasteiger partial charge in [-0.25, -0.2) is 8.42 Å². The molecule has 5 nitrogen and oxygen atoms in total. The van der Waals surface area contributed by atoms with E-state index in [1.165, 1.54) is 0 Å². The van der Waals surface area contributed by atoms with Crippen LogP contribution in [0.3, 0.4) is 0 Å². The van der Waals surface area contributed by atoms with Gasteiger partial charge in [-0.05, 0) is 23.8 Å². The van der Waals surface area contributed by atoms with Crippen LogP contribution in [-0.2, 0) is 29.4 Å². The molecule has 0 bridgehead atoms. The molecule has 1 heterocycles. The molecule has 1 aromatic carbocycles. The summed E-state index contributed by atoms with van der Waals surface area (Å²) < 4.78 is 23.9. The molecule has 0 aliphatic heterocycles. The van der Waals surface area contributed by atoms with Gasteiger partial charge in [0.25, 0.3) is 0 Å². The minimum absolute atomic E-state index is 0.100. The van der Waals surface area contributed by atoms with Crippen LogP contribution in [0.2, 0.25) is 5.02 Å². The Morgan fingerprint density at radius 1 is 1.40 bits per heavy atom. The van der Waals surface area contributed by atoms with Crippen molar-refractivity contribution in [3.05, 3.63) is 34.5 Å². The zero-order valence-electron chi connectivity index (χ0n) is 10.5. The summed E-state index contributed by atoms with van der Waals surface area (Å²) in [7, 11) is -2.60. The van der Waals surface area contributed by atoms with E-state index in [1.54, 1.807) is 22.8 Å². The molecule has 7 heteroatoms. The maximum atomic E-state index is 11.1. The van der Waals surface area contributed by atoms with Crippen molar-refractivity contribution in [3.63, 3.8) is 0 Å². The van der Waals surface area contributed by atoms with E-state index in [1.807, 2.05) is 0 Å². The molecule has 0 spiro atoms. The van der Waals surface area contributed by atoms with E-state index in [0.29, 0.717) is 22.7 Å². The number of benzene rings is 1. The zero-order valence-corrected chi connectivity index (χ0v) is 12.2. The first-order chi connectivity index (χ1) is 9.58. The van der Waals surface area contributed by atoms with Gasteiger partial charge in [0.2, 0.25) is 0 Å². The van der Waals surface area contributed by atoms with Crippen molar-refractivity contribution in [2.75, 3.05) is 6.61 Å². The largest absolute Gasteiger partial charge is 0.396 e. The average molecular weight is 313 g/mol. The van der Waals surface area contributed by atoms with Crippen molar-refractivity contribution >= 4 is 33.2 Å². The molecule has 0 atom stereocenters. The second kappa shape index (κ2) is 6.27. The molecule has 20 heavy (non-hydrogen) atoms. The molecule has 106 valence electrons. The van der Waals surface area contributed by atoms with Gasteiger partial charge in [-0.1, -0.05) is 11.6 Å². The highest BCUT2D eigenvalue weighted by atomic mass is 35.5. The second-order valence-corrected chi connectivity index (χ2v) is 5.71. The van der Waals surface area contributed by atoms with Gasteiger partial charge in [0.15, 0.2) is 0 Å². The van der Waals surface area contributed by atoms with Crippen molar-refractivity contribution < 1.29 is 13.5 Å². The Labute approximate surface area is 123 Å². The highest BCUT2D eigenvalue weighted by molar-refractivity contribution is 7.71. The normalized spacial score (nSPS) is 11.1. The lowest BCUT2D eigenvalue weighted by Gasteiger charge is -2.06. The molecule has 0 saturated carbocycles. The summed E-state index contributed by atoms with van der Waals surface area (Å²) in [5.74, 6) is -0.125. The Hall–Kier alpha value is -1.55. The smallest absolute Gasteiger partial charge is 0.144 e. The predicted molar refractivity (Wildman–Crippen MR) is 77.4 cm³/mol. The zero-order chi connectivity index (χ0) is 14.7. The average Bonchev–Trinajstić information content (AvgIpc) is 2.65. The molecule has 0 radical (unpaired) electrons. The van der Waals surface area contributed by atoms with Crippen LogP contribution in [0, 0.1) is 11.3 Å². The minimum Gasteiger partial charge on any atom is -0.396 e. The van der Waals surface area contributed by atoms with Gasteiger partial charge in [-0.3, -0.25) is 0 Å². The third-order valence-electron chi connectivity index (χ3n) is 3.11. The summed E-state index contributed by atoms with van der Waals surface area (Å²) in [5.41, 5.74) is 2.04. The number of nitrogens with zero attached hydrogens (tertiary/aromatic N) is 2.